The van der Waals surface area contributed by atoms with Gasteiger partial charge in [0.2, 0.25) is 0 Å². The van der Waals surface area contributed by atoms with Crippen molar-refractivity contribution in [3.63, 3.8) is 0 Å². The minimum atomic E-state index is -0.0785. The van der Waals surface area contributed by atoms with Gasteiger partial charge in [0.15, 0.2) is 0 Å². The lowest BCUT2D eigenvalue weighted by atomic mass is 9.99. The van der Waals surface area contributed by atoms with Gasteiger partial charge in [-0.1, -0.05) is 37.3 Å². The lowest BCUT2D eigenvalue weighted by molar-refractivity contribution is -0.146. The Hall–Kier alpha value is -1.35. The number of benzene rings is 1. The molecule has 0 saturated carbocycles. The molecule has 3 heteroatoms. The highest BCUT2D eigenvalue weighted by Gasteiger charge is 2.37. The first-order valence-corrected chi connectivity index (χ1v) is 6.50. The third kappa shape index (κ3) is 2.56. The maximum absolute atomic E-state index is 11.7. The quantitative estimate of drug-likeness (QED) is 0.769. The number of carbonyl (C=O) groups excluding carboxylic acids is 1. The molecule has 1 aliphatic rings. The SMILES string of the molecule is COC(=O)[C@@H]1CN([C@@H](C)c2ccccc2)C[C@@H]1C. The minimum Gasteiger partial charge on any atom is -0.469 e. The van der Waals surface area contributed by atoms with Crippen molar-refractivity contribution in [3.8, 4) is 0 Å². The van der Waals surface area contributed by atoms with Crippen molar-refractivity contribution in [2.75, 3.05) is 20.2 Å². The number of carbonyl (C=O) groups is 1. The van der Waals surface area contributed by atoms with Crippen molar-refractivity contribution in [1.82, 2.24) is 4.90 Å². The number of nitrogens with zero attached hydrogens (tertiary/aromatic N) is 1. The lowest BCUT2D eigenvalue weighted by Crippen LogP contribution is -2.26. The molecule has 2 rings (SSSR count). The van der Waals surface area contributed by atoms with Gasteiger partial charge in [0.1, 0.15) is 0 Å². The van der Waals surface area contributed by atoms with Crippen molar-refractivity contribution in [2.24, 2.45) is 11.8 Å². The number of hydrogen-bond donors (Lipinski definition) is 0. The number of ether oxygens (including phenoxy) is 1. The summed E-state index contributed by atoms with van der Waals surface area (Å²) in [6.45, 7) is 6.07. The molecule has 1 aliphatic heterocycles. The number of esters is 1. The first kappa shape index (κ1) is 13.1. The van der Waals surface area contributed by atoms with Crippen LogP contribution in [0.2, 0.25) is 0 Å². The van der Waals surface area contributed by atoms with E-state index in [9.17, 15) is 4.79 Å². The average Bonchev–Trinajstić information content (AvgIpc) is 2.80. The summed E-state index contributed by atoms with van der Waals surface area (Å²) in [5, 5.41) is 0. The predicted octanol–water partition coefficient (Wildman–Crippen LogP) is 2.49. The summed E-state index contributed by atoms with van der Waals surface area (Å²) in [6.07, 6.45) is 0. The van der Waals surface area contributed by atoms with E-state index in [0.29, 0.717) is 12.0 Å². The second-order valence-electron chi connectivity index (χ2n) is 5.15. The molecule has 0 radical (unpaired) electrons. The third-order valence-electron chi connectivity index (χ3n) is 3.97. The van der Waals surface area contributed by atoms with Crippen LogP contribution in [-0.2, 0) is 9.53 Å². The van der Waals surface area contributed by atoms with E-state index in [0.717, 1.165) is 13.1 Å². The van der Waals surface area contributed by atoms with Crippen LogP contribution < -0.4 is 0 Å². The van der Waals surface area contributed by atoms with Crippen LogP contribution in [0.15, 0.2) is 30.3 Å². The van der Waals surface area contributed by atoms with Crippen LogP contribution in [0.1, 0.15) is 25.5 Å². The zero-order valence-corrected chi connectivity index (χ0v) is 11.3. The molecule has 18 heavy (non-hydrogen) atoms. The summed E-state index contributed by atoms with van der Waals surface area (Å²) in [7, 11) is 1.47. The highest BCUT2D eigenvalue weighted by Crippen LogP contribution is 2.31. The Bertz CT molecular complexity index is 404. The summed E-state index contributed by atoms with van der Waals surface area (Å²) in [4.78, 5) is 14.0. The highest BCUT2D eigenvalue weighted by molar-refractivity contribution is 5.73. The van der Waals surface area contributed by atoms with Crippen LogP contribution in [0.5, 0.6) is 0 Å². The van der Waals surface area contributed by atoms with Crippen molar-refractivity contribution >= 4 is 5.97 Å². The summed E-state index contributed by atoms with van der Waals surface area (Å²) < 4.78 is 4.87. The van der Waals surface area contributed by atoms with Crippen LogP contribution in [0.3, 0.4) is 0 Å². The molecular formula is C15H21NO2. The van der Waals surface area contributed by atoms with Crippen molar-refractivity contribution < 1.29 is 9.53 Å². The van der Waals surface area contributed by atoms with Gasteiger partial charge in [-0.25, -0.2) is 0 Å². The smallest absolute Gasteiger partial charge is 0.310 e. The van der Waals surface area contributed by atoms with E-state index in [-0.39, 0.29) is 11.9 Å². The Morgan fingerprint density at radius 3 is 2.61 bits per heavy atom. The summed E-state index contributed by atoms with van der Waals surface area (Å²) in [5.41, 5.74) is 1.30. The molecule has 98 valence electrons. The Kier molecular flexibility index (Phi) is 4.02. The van der Waals surface area contributed by atoms with Gasteiger partial charge in [-0.15, -0.1) is 0 Å². The summed E-state index contributed by atoms with van der Waals surface area (Å²) in [6, 6.07) is 10.8. The molecule has 3 nitrogen and oxygen atoms in total. The van der Waals surface area contributed by atoms with Crippen LogP contribution in [0.25, 0.3) is 0 Å². The molecule has 0 aromatic heterocycles. The average molecular weight is 247 g/mol. The van der Waals surface area contributed by atoms with Crippen LogP contribution >= 0.6 is 0 Å². The van der Waals surface area contributed by atoms with E-state index in [1.165, 1.54) is 12.7 Å². The molecule has 0 bridgehead atoms. The van der Waals surface area contributed by atoms with Gasteiger partial charge in [0.25, 0.3) is 0 Å². The Morgan fingerprint density at radius 1 is 1.33 bits per heavy atom. The van der Waals surface area contributed by atoms with E-state index >= 15 is 0 Å². The van der Waals surface area contributed by atoms with Crippen LogP contribution in [0.4, 0.5) is 0 Å². The van der Waals surface area contributed by atoms with Gasteiger partial charge < -0.3 is 4.74 Å². The molecule has 1 aromatic rings. The lowest BCUT2D eigenvalue weighted by Gasteiger charge is -2.24. The monoisotopic (exact) mass is 247 g/mol. The van der Waals surface area contributed by atoms with E-state index in [2.05, 4.69) is 43.0 Å². The molecular weight excluding hydrogens is 226 g/mol. The van der Waals surface area contributed by atoms with Gasteiger partial charge in [0, 0.05) is 19.1 Å². The third-order valence-corrected chi connectivity index (χ3v) is 3.97. The van der Waals surface area contributed by atoms with E-state index < -0.39 is 0 Å². The Labute approximate surface area is 109 Å². The fourth-order valence-corrected chi connectivity index (χ4v) is 2.72. The molecule has 1 aromatic carbocycles. The minimum absolute atomic E-state index is 0.0150. The normalized spacial score (nSPS) is 25.9. The largest absolute Gasteiger partial charge is 0.469 e. The number of methoxy groups -OCH3 is 1. The number of likely N-dealkylation sites (tertiary alicyclic amines) is 1. The Balaban J connectivity index is 2.06. The van der Waals surface area contributed by atoms with Crippen molar-refractivity contribution in [1.29, 1.82) is 0 Å². The first-order valence-electron chi connectivity index (χ1n) is 6.50. The molecule has 0 unspecified atom stereocenters. The topological polar surface area (TPSA) is 29.5 Å². The summed E-state index contributed by atoms with van der Waals surface area (Å²) >= 11 is 0. The predicted molar refractivity (Wildman–Crippen MR) is 71.1 cm³/mol. The van der Waals surface area contributed by atoms with E-state index in [4.69, 9.17) is 4.74 Å². The fourth-order valence-electron chi connectivity index (χ4n) is 2.72. The van der Waals surface area contributed by atoms with Crippen LogP contribution in [-0.4, -0.2) is 31.1 Å². The number of hydrogen-bond acceptors (Lipinski definition) is 3. The molecule has 0 N–H and O–H groups in total. The second kappa shape index (κ2) is 5.53. The molecule has 0 spiro atoms. The maximum Gasteiger partial charge on any atom is 0.310 e. The van der Waals surface area contributed by atoms with Gasteiger partial charge >= 0.3 is 5.97 Å². The highest BCUT2D eigenvalue weighted by atomic mass is 16.5. The Morgan fingerprint density at radius 2 is 2.00 bits per heavy atom. The van der Waals surface area contributed by atoms with E-state index in [1.807, 2.05) is 6.07 Å². The molecule has 1 heterocycles. The summed E-state index contributed by atoms with van der Waals surface area (Å²) in [5.74, 6) is 0.301. The van der Waals surface area contributed by atoms with Crippen molar-refractivity contribution in [2.45, 2.75) is 19.9 Å². The van der Waals surface area contributed by atoms with Gasteiger partial charge in [-0.3, -0.25) is 9.69 Å². The van der Waals surface area contributed by atoms with Gasteiger partial charge in [-0.05, 0) is 18.4 Å². The zero-order valence-electron chi connectivity index (χ0n) is 11.3. The first-order chi connectivity index (χ1) is 8.63. The van der Waals surface area contributed by atoms with Crippen molar-refractivity contribution in [3.05, 3.63) is 35.9 Å². The molecule has 0 amide bonds. The number of rotatable bonds is 3. The zero-order chi connectivity index (χ0) is 13.1. The molecule has 3 atom stereocenters. The molecule has 1 saturated heterocycles. The fraction of sp³-hybridized carbons (Fsp3) is 0.533. The molecule has 1 fully saturated rings. The van der Waals surface area contributed by atoms with Crippen LogP contribution in [0, 0.1) is 11.8 Å². The maximum atomic E-state index is 11.7. The van der Waals surface area contributed by atoms with Gasteiger partial charge in [-0.2, -0.15) is 0 Å². The van der Waals surface area contributed by atoms with Gasteiger partial charge in [0.05, 0.1) is 13.0 Å². The standard InChI is InChI=1S/C15H21NO2/c1-11-9-16(10-14(11)15(17)18-3)12(2)13-7-5-4-6-8-13/h4-8,11-12,14H,9-10H2,1-3H3/t11-,12-,14+/m0/s1. The van der Waals surface area contributed by atoms with E-state index in [1.54, 1.807) is 0 Å². The second-order valence-corrected chi connectivity index (χ2v) is 5.15. The molecule has 0 aliphatic carbocycles.